The highest BCUT2D eigenvalue weighted by Crippen LogP contribution is 2.24. The van der Waals surface area contributed by atoms with Crippen LogP contribution >= 0.6 is 0 Å². The van der Waals surface area contributed by atoms with E-state index >= 15 is 0 Å². The van der Waals surface area contributed by atoms with Crippen molar-refractivity contribution in [2.24, 2.45) is 0 Å². The Morgan fingerprint density at radius 1 is 1.06 bits per heavy atom. The van der Waals surface area contributed by atoms with Crippen molar-refractivity contribution in [3.05, 3.63) is 53.7 Å². The van der Waals surface area contributed by atoms with Crippen LogP contribution in [0.2, 0.25) is 0 Å². The summed E-state index contributed by atoms with van der Waals surface area (Å²) in [5.74, 6) is 0.00536. The number of halogens is 2. The van der Waals surface area contributed by atoms with Gasteiger partial charge in [-0.1, -0.05) is 0 Å². The van der Waals surface area contributed by atoms with Crippen molar-refractivity contribution in [1.29, 1.82) is 0 Å². The van der Waals surface area contributed by atoms with Gasteiger partial charge in [-0.25, -0.2) is 18.3 Å². The number of nitrogens with two attached hydrogens (primary N) is 1. The molecule has 10 heteroatoms. The summed E-state index contributed by atoms with van der Waals surface area (Å²) < 4.78 is 25.4. The van der Waals surface area contributed by atoms with Crippen LogP contribution in [0.1, 0.15) is 29.6 Å². The van der Waals surface area contributed by atoms with Crippen LogP contribution in [0.3, 0.4) is 0 Å². The van der Waals surface area contributed by atoms with E-state index in [9.17, 15) is 18.7 Å². The monoisotopic (exact) mass is 430 g/mol. The number of carbonyl (C=O) groups excluding carboxylic acids is 1. The molecule has 2 aliphatic rings. The van der Waals surface area contributed by atoms with E-state index in [1.807, 2.05) is 6.07 Å². The Bertz CT molecular complexity index is 1040. The lowest BCUT2D eigenvalue weighted by Gasteiger charge is -2.17. The maximum Gasteiger partial charge on any atom is 0.261 e. The van der Waals surface area contributed by atoms with E-state index in [2.05, 4.69) is 15.0 Å². The molecule has 164 valence electrons. The van der Waals surface area contributed by atoms with Gasteiger partial charge in [-0.05, 0) is 49.6 Å². The summed E-state index contributed by atoms with van der Waals surface area (Å²) in [6.45, 7) is 2.83. The van der Waals surface area contributed by atoms with Crippen LogP contribution in [-0.2, 0) is 0 Å². The van der Waals surface area contributed by atoms with E-state index in [0.717, 1.165) is 56.0 Å². The second-order valence-electron chi connectivity index (χ2n) is 7.64. The number of hydrogen-bond donors (Lipinski definition) is 2. The van der Waals surface area contributed by atoms with Gasteiger partial charge in [-0.3, -0.25) is 4.79 Å². The van der Waals surface area contributed by atoms with E-state index in [-0.39, 0.29) is 11.7 Å². The highest BCUT2D eigenvalue weighted by Gasteiger charge is 2.30. The normalized spacial score (nSPS) is 18.4. The Morgan fingerprint density at radius 3 is 2.29 bits per heavy atom. The second-order valence-corrected chi connectivity index (χ2v) is 7.64. The minimum atomic E-state index is -0.463. The molecule has 2 aromatic heterocycles. The number of β-amino-alcohol motifs (C(OH)–C–C–N with tert-alkyl or cyclic N) is 1. The van der Waals surface area contributed by atoms with Crippen LogP contribution < -0.4 is 10.6 Å². The van der Waals surface area contributed by atoms with Crippen LogP contribution in [0.5, 0.6) is 0 Å². The smallest absolute Gasteiger partial charge is 0.261 e. The Balaban J connectivity index is 0.000000245. The standard InChI is InChI=1S/C15H20N6O2.C6H4F2/c16-13-12(15(23)20-7-3-10(22)9-20)14-17-11(4-8-21(14)18-13)19-5-1-2-6-19;7-5-1-2-6(8)4-3-5/h4,8,10,22H,1-3,5-7,9H2,(H2,16,18);1-4H. The van der Waals surface area contributed by atoms with E-state index in [1.165, 1.54) is 0 Å². The molecule has 1 unspecified atom stereocenters. The molecule has 31 heavy (non-hydrogen) atoms. The van der Waals surface area contributed by atoms with Crippen LogP contribution in [0.4, 0.5) is 20.4 Å². The first-order valence-corrected chi connectivity index (χ1v) is 10.2. The largest absolute Gasteiger partial charge is 0.391 e. The van der Waals surface area contributed by atoms with Crippen molar-refractivity contribution in [2.75, 3.05) is 36.8 Å². The molecular formula is C21H24F2N6O2. The molecule has 0 aliphatic carbocycles. The molecule has 2 fully saturated rings. The van der Waals surface area contributed by atoms with Crippen LogP contribution in [-0.4, -0.2) is 62.8 Å². The lowest BCUT2D eigenvalue weighted by atomic mass is 10.2. The number of rotatable bonds is 2. The summed E-state index contributed by atoms with van der Waals surface area (Å²) in [4.78, 5) is 21.2. The van der Waals surface area contributed by atoms with Gasteiger partial charge in [-0.2, -0.15) is 0 Å². The van der Waals surface area contributed by atoms with E-state index < -0.39 is 17.7 Å². The zero-order valence-electron chi connectivity index (χ0n) is 16.9. The third-order valence-corrected chi connectivity index (χ3v) is 5.40. The third-order valence-electron chi connectivity index (χ3n) is 5.40. The summed E-state index contributed by atoms with van der Waals surface area (Å²) >= 11 is 0. The molecule has 3 N–H and O–H groups in total. The van der Waals surface area contributed by atoms with Gasteiger partial charge in [0.1, 0.15) is 23.0 Å². The summed E-state index contributed by atoms with van der Waals surface area (Å²) in [7, 11) is 0. The highest BCUT2D eigenvalue weighted by molar-refractivity contribution is 6.04. The van der Waals surface area contributed by atoms with Crippen molar-refractivity contribution < 1.29 is 18.7 Å². The van der Waals surface area contributed by atoms with Crippen LogP contribution in [0.15, 0.2) is 36.5 Å². The SMILES string of the molecule is Fc1ccc(F)cc1.Nc1nn2ccc(N3CCCC3)nc2c1C(=O)N1CCC(O)C1. The van der Waals surface area contributed by atoms with Crippen molar-refractivity contribution in [3.8, 4) is 0 Å². The van der Waals surface area contributed by atoms with Gasteiger partial charge in [0.15, 0.2) is 11.5 Å². The number of nitrogen functional groups attached to an aromatic ring is 1. The predicted octanol–water partition coefficient (Wildman–Crippen LogP) is 2.08. The average molecular weight is 430 g/mol. The predicted molar refractivity (Wildman–Crippen MR) is 112 cm³/mol. The number of likely N-dealkylation sites (tertiary alicyclic amines) is 1. The molecule has 0 spiro atoms. The van der Waals surface area contributed by atoms with Crippen molar-refractivity contribution in [1.82, 2.24) is 19.5 Å². The quantitative estimate of drug-likeness (QED) is 0.646. The summed E-state index contributed by atoms with van der Waals surface area (Å²) in [5.41, 5.74) is 6.78. The Labute approximate surface area is 177 Å². The minimum absolute atomic E-state index is 0.183. The first-order valence-electron chi connectivity index (χ1n) is 10.2. The van der Waals surface area contributed by atoms with Gasteiger partial charge in [0, 0.05) is 32.4 Å². The van der Waals surface area contributed by atoms with Gasteiger partial charge in [0.05, 0.1) is 6.10 Å². The molecule has 3 aromatic rings. The van der Waals surface area contributed by atoms with Crippen LogP contribution in [0.25, 0.3) is 5.65 Å². The maximum atomic E-state index is 12.7. The second kappa shape index (κ2) is 8.84. The molecule has 0 radical (unpaired) electrons. The van der Waals surface area contributed by atoms with E-state index in [0.29, 0.717) is 30.7 Å². The third kappa shape index (κ3) is 4.58. The molecule has 1 aromatic carbocycles. The van der Waals surface area contributed by atoms with Gasteiger partial charge in [0.25, 0.3) is 5.91 Å². The highest BCUT2D eigenvalue weighted by atomic mass is 19.1. The molecule has 2 aliphatic heterocycles. The fraction of sp³-hybridized carbons (Fsp3) is 0.381. The Morgan fingerprint density at radius 2 is 1.71 bits per heavy atom. The zero-order chi connectivity index (χ0) is 22.0. The van der Waals surface area contributed by atoms with E-state index in [4.69, 9.17) is 5.73 Å². The number of benzene rings is 1. The van der Waals surface area contributed by atoms with Gasteiger partial charge >= 0.3 is 0 Å². The number of hydrogen-bond acceptors (Lipinski definition) is 6. The fourth-order valence-electron chi connectivity index (χ4n) is 3.78. The minimum Gasteiger partial charge on any atom is -0.391 e. The summed E-state index contributed by atoms with van der Waals surface area (Å²) in [6, 6.07) is 6.22. The van der Waals surface area contributed by atoms with Gasteiger partial charge in [-0.15, -0.1) is 5.10 Å². The topological polar surface area (TPSA) is 100.0 Å². The molecule has 0 bridgehead atoms. The molecular weight excluding hydrogens is 406 g/mol. The van der Waals surface area contributed by atoms with Gasteiger partial charge < -0.3 is 20.6 Å². The number of aliphatic hydroxyl groups excluding tert-OH is 1. The first kappa shape index (κ1) is 21.0. The summed E-state index contributed by atoms with van der Waals surface area (Å²) in [5, 5.41) is 13.8. The number of amides is 1. The number of aliphatic hydroxyl groups is 1. The fourth-order valence-corrected chi connectivity index (χ4v) is 3.78. The molecule has 1 amide bonds. The van der Waals surface area contributed by atoms with Crippen molar-refractivity contribution in [3.63, 3.8) is 0 Å². The summed E-state index contributed by atoms with van der Waals surface area (Å²) in [6.07, 6.45) is 4.24. The zero-order valence-corrected chi connectivity index (χ0v) is 16.9. The molecule has 1 atom stereocenters. The molecule has 5 rings (SSSR count). The lowest BCUT2D eigenvalue weighted by molar-refractivity contribution is 0.0767. The molecule has 4 heterocycles. The van der Waals surface area contributed by atoms with E-state index in [1.54, 1.807) is 15.6 Å². The number of aromatic nitrogens is 3. The number of fused-ring (bicyclic) bond motifs is 1. The average Bonchev–Trinajstić information content (AvgIpc) is 3.49. The lowest BCUT2D eigenvalue weighted by Crippen LogP contribution is -2.30. The van der Waals surface area contributed by atoms with Crippen LogP contribution in [0, 0.1) is 11.6 Å². The first-order chi connectivity index (χ1) is 14.9. The van der Waals surface area contributed by atoms with Crippen molar-refractivity contribution >= 4 is 23.2 Å². The Kier molecular flexibility index (Phi) is 5.99. The number of anilines is 2. The Hall–Kier alpha value is -3.27. The maximum absolute atomic E-state index is 12.7. The number of carbonyl (C=O) groups is 1. The van der Waals surface area contributed by atoms with Crippen molar-refractivity contribution in [2.45, 2.75) is 25.4 Å². The van der Waals surface area contributed by atoms with Gasteiger partial charge in [0.2, 0.25) is 0 Å². The molecule has 0 saturated carbocycles. The molecule has 2 saturated heterocycles. The number of nitrogens with zero attached hydrogens (tertiary/aromatic N) is 5. The molecule has 8 nitrogen and oxygen atoms in total.